The molecule has 0 aliphatic rings. The van der Waals surface area contributed by atoms with Gasteiger partial charge in [0.05, 0.1) is 8.07 Å². The molecule has 0 atom stereocenters. The standard InChI is InChI=1S/C14H20OSi/c1-5-13(15)14(16(2,3)4)11-12-9-7-6-8-10-12/h6-11H,5H2,1-4H3/b14-11-. The molecular formula is C14H20OSi. The number of hydrogen-bond donors (Lipinski definition) is 0. The van der Waals surface area contributed by atoms with Crippen molar-refractivity contribution in [2.24, 2.45) is 0 Å². The van der Waals surface area contributed by atoms with E-state index < -0.39 is 8.07 Å². The zero-order chi connectivity index (χ0) is 12.2. The minimum Gasteiger partial charge on any atom is -0.295 e. The van der Waals surface area contributed by atoms with Gasteiger partial charge in [-0.1, -0.05) is 63.0 Å². The molecule has 1 aromatic rings. The monoisotopic (exact) mass is 232 g/mol. The molecule has 86 valence electrons. The number of carbonyl (C=O) groups excluding carboxylic acids is 1. The third kappa shape index (κ3) is 3.45. The Labute approximate surface area is 99.2 Å². The first-order valence-corrected chi connectivity index (χ1v) is 9.25. The van der Waals surface area contributed by atoms with E-state index in [1.54, 1.807) is 0 Å². The van der Waals surface area contributed by atoms with Crippen LogP contribution in [0.5, 0.6) is 0 Å². The first kappa shape index (κ1) is 12.9. The summed E-state index contributed by atoms with van der Waals surface area (Å²) in [5, 5.41) is 1.04. The number of benzene rings is 1. The Morgan fingerprint density at radius 1 is 1.19 bits per heavy atom. The van der Waals surface area contributed by atoms with Gasteiger partial charge in [0.25, 0.3) is 0 Å². The molecule has 1 nitrogen and oxygen atoms in total. The van der Waals surface area contributed by atoms with Crippen LogP contribution in [0.25, 0.3) is 6.08 Å². The third-order valence-electron chi connectivity index (χ3n) is 2.54. The molecule has 0 saturated heterocycles. The number of hydrogen-bond acceptors (Lipinski definition) is 1. The lowest BCUT2D eigenvalue weighted by Gasteiger charge is -2.19. The van der Waals surface area contributed by atoms with Gasteiger partial charge in [-0.2, -0.15) is 0 Å². The van der Waals surface area contributed by atoms with Gasteiger partial charge in [-0.3, -0.25) is 4.79 Å². The summed E-state index contributed by atoms with van der Waals surface area (Å²) in [6, 6.07) is 10.1. The normalized spacial score (nSPS) is 12.6. The third-order valence-corrected chi connectivity index (χ3v) is 4.58. The quantitative estimate of drug-likeness (QED) is 0.568. The van der Waals surface area contributed by atoms with Gasteiger partial charge < -0.3 is 0 Å². The van der Waals surface area contributed by atoms with Crippen LogP contribution in [0.2, 0.25) is 19.6 Å². The summed E-state index contributed by atoms with van der Waals surface area (Å²) >= 11 is 0. The molecule has 0 spiro atoms. The highest BCUT2D eigenvalue weighted by molar-refractivity contribution is 6.88. The van der Waals surface area contributed by atoms with Crippen molar-refractivity contribution in [1.82, 2.24) is 0 Å². The highest BCUT2D eigenvalue weighted by Gasteiger charge is 2.24. The largest absolute Gasteiger partial charge is 0.295 e. The minimum absolute atomic E-state index is 0.294. The Morgan fingerprint density at radius 2 is 1.75 bits per heavy atom. The lowest BCUT2D eigenvalue weighted by Crippen LogP contribution is -2.29. The number of rotatable bonds is 4. The second-order valence-corrected chi connectivity index (χ2v) is 10.0. The van der Waals surface area contributed by atoms with Gasteiger partial charge in [0.15, 0.2) is 5.78 Å². The van der Waals surface area contributed by atoms with Crippen molar-refractivity contribution in [2.45, 2.75) is 33.0 Å². The van der Waals surface area contributed by atoms with E-state index in [1.165, 1.54) is 0 Å². The molecule has 0 saturated carbocycles. The van der Waals surface area contributed by atoms with Crippen LogP contribution in [0, 0.1) is 0 Å². The second kappa shape index (κ2) is 5.26. The predicted octanol–water partition coefficient (Wildman–Crippen LogP) is 3.93. The zero-order valence-corrected chi connectivity index (χ0v) is 11.6. The molecule has 0 fully saturated rings. The molecular weight excluding hydrogens is 212 g/mol. The van der Waals surface area contributed by atoms with Crippen molar-refractivity contribution < 1.29 is 4.79 Å². The highest BCUT2D eigenvalue weighted by Crippen LogP contribution is 2.20. The molecule has 0 N–H and O–H groups in total. The number of ketones is 1. The Balaban J connectivity index is 3.12. The van der Waals surface area contributed by atoms with Gasteiger partial charge in [-0.15, -0.1) is 0 Å². The van der Waals surface area contributed by atoms with Crippen molar-refractivity contribution in [3.8, 4) is 0 Å². The maximum absolute atomic E-state index is 11.9. The van der Waals surface area contributed by atoms with Crippen molar-refractivity contribution in [3.63, 3.8) is 0 Å². The van der Waals surface area contributed by atoms with Crippen molar-refractivity contribution in [3.05, 3.63) is 41.1 Å². The summed E-state index contributed by atoms with van der Waals surface area (Å²) < 4.78 is 0. The topological polar surface area (TPSA) is 17.1 Å². The summed E-state index contributed by atoms with van der Waals surface area (Å²) in [4.78, 5) is 11.9. The average molecular weight is 232 g/mol. The molecule has 0 aromatic heterocycles. The van der Waals surface area contributed by atoms with E-state index in [2.05, 4.69) is 25.7 Å². The second-order valence-electron chi connectivity index (χ2n) is 5.00. The van der Waals surface area contributed by atoms with E-state index in [9.17, 15) is 4.79 Å². The van der Waals surface area contributed by atoms with Crippen LogP contribution in [-0.4, -0.2) is 13.9 Å². The summed E-state index contributed by atoms with van der Waals surface area (Å²) in [7, 11) is -1.54. The molecule has 0 amide bonds. The summed E-state index contributed by atoms with van der Waals surface area (Å²) in [6.45, 7) is 8.58. The van der Waals surface area contributed by atoms with Crippen LogP contribution in [0.15, 0.2) is 35.5 Å². The minimum atomic E-state index is -1.54. The van der Waals surface area contributed by atoms with Gasteiger partial charge in [0.2, 0.25) is 0 Å². The van der Waals surface area contributed by atoms with Gasteiger partial charge in [0.1, 0.15) is 0 Å². The SMILES string of the molecule is CCC(=O)/C(=C/c1ccccc1)[Si](C)(C)C. The predicted molar refractivity (Wildman–Crippen MR) is 73.1 cm³/mol. The van der Waals surface area contributed by atoms with E-state index in [4.69, 9.17) is 0 Å². The molecule has 0 bridgehead atoms. The highest BCUT2D eigenvalue weighted by atomic mass is 28.3. The maximum atomic E-state index is 11.9. The number of allylic oxidation sites excluding steroid dienone is 1. The van der Waals surface area contributed by atoms with E-state index in [0.717, 1.165) is 10.8 Å². The van der Waals surface area contributed by atoms with Crippen molar-refractivity contribution in [1.29, 1.82) is 0 Å². The fraction of sp³-hybridized carbons (Fsp3) is 0.357. The number of Topliss-reactive ketones (excluding diaryl/α,β-unsaturated/α-hetero) is 1. The van der Waals surface area contributed by atoms with Gasteiger partial charge >= 0.3 is 0 Å². The van der Waals surface area contributed by atoms with Crippen LogP contribution in [0.1, 0.15) is 18.9 Å². The van der Waals surface area contributed by atoms with Gasteiger partial charge in [-0.05, 0) is 10.8 Å². The molecule has 1 rings (SSSR count). The lowest BCUT2D eigenvalue weighted by molar-refractivity contribution is -0.114. The van der Waals surface area contributed by atoms with E-state index in [1.807, 2.05) is 37.3 Å². The fourth-order valence-electron chi connectivity index (χ4n) is 1.62. The molecule has 0 aliphatic heterocycles. The number of carbonyl (C=O) groups is 1. The van der Waals surface area contributed by atoms with E-state index in [0.29, 0.717) is 12.2 Å². The molecule has 0 unspecified atom stereocenters. The van der Waals surface area contributed by atoms with Crippen LogP contribution < -0.4 is 0 Å². The van der Waals surface area contributed by atoms with Gasteiger partial charge in [0, 0.05) is 6.42 Å². The smallest absolute Gasteiger partial charge is 0.154 e. The first-order chi connectivity index (χ1) is 7.45. The zero-order valence-electron chi connectivity index (χ0n) is 10.6. The molecule has 2 heteroatoms. The van der Waals surface area contributed by atoms with Crippen LogP contribution >= 0.6 is 0 Å². The van der Waals surface area contributed by atoms with Gasteiger partial charge in [-0.25, -0.2) is 0 Å². The fourth-order valence-corrected chi connectivity index (χ4v) is 3.23. The molecule has 0 heterocycles. The Morgan fingerprint density at radius 3 is 2.19 bits per heavy atom. The molecule has 16 heavy (non-hydrogen) atoms. The van der Waals surface area contributed by atoms with Crippen LogP contribution in [0.4, 0.5) is 0 Å². The Bertz CT molecular complexity index is 385. The first-order valence-electron chi connectivity index (χ1n) is 5.75. The van der Waals surface area contributed by atoms with Crippen molar-refractivity contribution in [2.75, 3.05) is 0 Å². The van der Waals surface area contributed by atoms with E-state index in [-0.39, 0.29) is 0 Å². The summed E-state index contributed by atoms with van der Waals surface area (Å²) in [5.74, 6) is 0.294. The van der Waals surface area contributed by atoms with Crippen LogP contribution in [-0.2, 0) is 4.79 Å². The van der Waals surface area contributed by atoms with Crippen molar-refractivity contribution >= 4 is 19.9 Å². The average Bonchev–Trinajstić information content (AvgIpc) is 2.25. The molecule has 0 aliphatic carbocycles. The maximum Gasteiger partial charge on any atom is 0.154 e. The van der Waals surface area contributed by atoms with Crippen LogP contribution in [0.3, 0.4) is 0 Å². The Hall–Kier alpha value is -1.15. The van der Waals surface area contributed by atoms with E-state index >= 15 is 0 Å². The summed E-state index contributed by atoms with van der Waals surface area (Å²) in [6.07, 6.45) is 2.67. The summed E-state index contributed by atoms with van der Waals surface area (Å²) in [5.41, 5.74) is 1.13. The lowest BCUT2D eigenvalue weighted by atomic mass is 10.2. The Kier molecular flexibility index (Phi) is 4.24. The molecule has 0 radical (unpaired) electrons. The molecule has 1 aromatic carbocycles.